The number of methoxy groups -OCH3 is 1. The number of rotatable bonds is 9. The Morgan fingerprint density at radius 3 is 2.49 bits per heavy atom. The Bertz CT molecular complexity index is 1250. The minimum Gasteiger partial charge on any atom is -0.395 e. The van der Waals surface area contributed by atoms with Crippen molar-refractivity contribution >= 4 is 52.2 Å². The minimum atomic E-state index is -1.25. The van der Waals surface area contributed by atoms with Crippen LogP contribution >= 0.6 is 23.1 Å². The normalized spacial score (nSPS) is 11.7. The number of primary amides is 1. The summed E-state index contributed by atoms with van der Waals surface area (Å²) in [5.41, 5.74) is 12.2. The van der Waals surface area contributed by atoms with Crippen LogP contribution in [0.4, 0.5) is 15.8 Å². The molecule has 9 nitrogen and oxygen atoms in total. The molecule has 1 heterocycles. The van der Waals surface area contributed by atoms with E-state index in [1.54, 1.807) is 19.1 Å². The van der Waals surface area contributed by atoms with Crippen molar-refractivity contribution in [2.45, 2.75) is 13.0 Å². The molecule has 35 heavy (non-hydrogen) atoms. The molecule has 3 aromatic rings. The number of nitrogens with one attached hydrogen (secondary N) is 1. The third-order valence-electron chi connectivity index (χ3n) is 5.11. The van der Waals surface area contributed by atoms with Gasteiger partial charge in [0.15, 0.2) is 5.69 Å². The molecule has 0 spiro atoms. The van der Waals surface area contributed by atoms with E-state index in [1.165, 1.54) is 42.3 Å². The molecule has 3 rings (SSSR count). The monoisotopic (exact) mass is 519 g/mol. The van der Waals surface area contributed by atoms with Gasteiger partial charge in [-0.1, -0.05) is 29.8 Å². The van der Waals surface area contributed by atoms with Crippen molar-refractivity contribution in [1.29, 1.82) is 0 Å². The van der Waals surface area contributed by atoms with E-state index in [1.807, 2.05) is 0 Å². The maximum Gasteiger partial charge on any atom is 0.273 e. The number of benzene rings is 2. The lowest BCUT2D eigenvalue weighted by molar-refractivity contribution is -0.122. The molecule has 0 bridgehead atoms. The van der Waals surface area contributed by atoms with Gasteiger partial charge in [0.2, 0.25) is 5.91 Å². The molecule has 184 valence electrons. The molecule has 2 aromatic carbocycles. The lowest BCUT2D eigenvalue weighted by atomic mass is 10.0. The summed E-state index contributed by atoms with van der Waals surface area (Å²) >= 11 is 7.02. The lowest BCUT2D eigenvalue weighted by Gasteiger charge is -2.31. The molecule has 0 radical (unpaired) electrons. The number of nitrogens with zero attached hydrogens (tertiary/aromatic N) is 2. The summed E-state index contributed by atoms with van der Waals surface area (Å²) < 4.78 is 22.6. The van der Waals surface area contributed by atoms with E-state index in [9.17, 15) is 18.8 Å². The fourth-order valence-electron chi connectivity index (χ4n) is 3.29. The van der Waals surface area contributed by atoms with Gasteiger partial charge >= 0.3 is 0 Å². The Kier molecular flexibility index (Phi) is 8.39. The molecule has 3 amide bonds. The molecule has 0 aliphatic heterocycles. The molecule has 0 saturated heterocycles. The molecule has 1 unspecified atom stereocenters. The highest BCUT2D eigenvalue weighted by molar-refractivity contribution is 7.09. The van der Waals surface area contributed by atoms with Gasteiger partial charge in [-0.15, -0.1) is 0 Å². The zero-order valence-corrected chi connectivity index (χ0v) is 20.5. The molecular formula is C23H23ClFN5O4S. The molecule has 0 aliphatic rings. The van der Waals surface area contributed by atoms with E-state index < -0.39 is 29.6 Å². The number of hydrogen-bond acceptors (Lipinski definition) is 7. The van der Waals surface area contributed by atoms with E-state index in [2.05, 4.69) is 9.69 Å². The summed E-state index contributed by atoms with van der Waals surface area (Å²) in [6.07, 6.45) is 0. The number of aromatic nitrogens is 1. The Morgan fingerprint density at radius 1 is 1.23 bits per heavy atom. The van der Waals surface area contributed by atoms with E-state index in [4.69, 9.17) is 27.8 Å². The summed E-state index contributed by atoms with van der Waals surface area (Å²) in [7, 11) is 1.48. The Hall–Kier alpha value is -3.54. The zero-order chi connectivity index (χ0) is 25.7. The van der Waals surface area contributed by atoms with Crippen LogP contribution in [0.3, 0.4) is 0 Å². The highest BCUT2D eigenvalue weighted by atomic mass is 35.5. The average molecular weight is 520 g/mol. The smallest absolute Gasteiger partial charge is 0.273 e. The molecule has 5 N–H and O–H groups in total. The Labute approximate surface area is 210 Å². The maximum atomic E-state index is 13.9. The van der Waals surface area contributed by atoms with Gasteiger partial charge in [0.25, 0.3) is 11.8 Å². The van der Waals surface area contributed by atoms with Crippen LogP contribution in [0, 0.1) is 12.7 Å². The summed E-state index contributed by atoms with van der Waals surface area (Å²) in [4.78, 5) is 40.0. The van der Waals surface area contributed by atoms with Gasteiger partial charge in [0, 0.05) is 24.4 Å². The number of anilines is 2. The van der Waals surface area contributed by atoms with E-state index >= 15 is 0 Å². The first kappa shape index (κ1) is 26.1. The topological polar surface area (TPSA) is 141 Å². The second-order valence-electron chi connectivity index (χ2n) is 7.48. The molecule has 12 heteroatoms. The number of hydrogen-bond donors (Lipinski definition) is 3. The van der Waals surface area contributed by atoms with Crippen LogP contribution in [0.25, 0.3) is 0 Å². The number of nitrogens with two attached hydrogens (primary N) is 2. The van der Waals surface area contributed by atoms with Crippen molar-refractivity contribution in [2.75, 3.05) is 30.9 Å². The average Bonchev–Trinajstić information content (AvgIpc) is 3.21. The SMILES string of the molecule is COCCNC(=O)C(c1ccc(F)cc1)N(C(=O)c1snc(C(N)=O)c1N)c1ccc(C)c(Cl)c1. The quantitative estimate of drug-likeness (QED) is 0.371. The minimum absolute atomic E-state index is 0.0905. The summed E-state index contributed by atoms with van der Waals surface area (Å²) in [5.74, 6) is -2.68. The largest absolute Gasteiger partial charge is 0.395 e. The first-order chi connectivity index (χ1) is 16.6. The van der Waals surface area contributed by atoms with Crippen LogP contribution < -0.4 is 21.7 Å². The second kappa shape index (κ2) is 11.3. The number of carbonyl (C=O) groups is 3. The lowest BCUT2D eigenvalue weighted by Crippen LogP contribution is -2.44. The van der Waals surface area contributed by atoms with Crippen molar-refractivity contribution in [1.82, 2.24) is 9.69 Å². The summed E-state index contributed by atoms with van der Waals surface area (Å²) in [6.45, 7) is 2.18. The van der Waals surface area contributed by atoms with Crippen molar-refractivity contribution in [2.24, 2.45) is 5.73 Å². The van der Waals surface area contributed by atoms with Gasteiger partial charge in [0.1, 0.15) is 16.7 Å². The first-order valence-electron chi connectivity index (χ1n) is 10.3. The van der Waals surface area contributed by atoms with Crippen LogP contribution in [-0.2, 0) is 9.53 Å². The Balaban J connectivity index is 2.20. The number of nitrogen functional groups attached to an aromatic ring is 1. The fourth-order valence-corrected chi connectivity index (χ4v) is 4.21. The summed E-state index contributed by atoms with van der Waals surface area (Å²) in [6, 6.07) is 8.74. The molecule has 0 saturated carbocycles. The molecule has 0 aliphatic carbocycles. The number of amides is 3. The van der Waals surface area contributed by atoms with Gasteiger partial charge in [-0.25, -0.2) is 4.39 Å². The van der Waals surface area contributed by atoms with Crippen LogP contribution in [-0.4, -0.2) is 42.4 Å². The molecule has 1 atom stereocenters. The van der Waals surface area contributed by atoms with Crippen LogP contribution in [0.2, 0.25) is 5.02 Å². The third kappa shape index (κ3) is 5.76. The number of halogens is 2. The number of ether oxygens (including phenoxy) is 1. The van der Waals surface area contributed by atoms with Gasteiger partial charge in [-0.2, -0.15) is 4.37 Å². The maximum absolute atomic E-state index is 13.9. The van der Waals surface area contributed by atoms with Crippen LogP contribution in [0.5, 0.6) is 0 Å². The van der Waals surface area contributed by atoms with Crippen LogP contribution in [0.15, 0.2) is 42.5 Å². The van der Waals surface area contributed by atoms with E-state index in [0.717, 1.165) is 5.56 Å². The zero-order valence-electron chi connectivity index (χ0n) is 18.9. The van der Waals surface area contributed by atoms with Gasteiger partial charge in [-0.05, 0) is 53.8 Å². The molecular weight excluding hydrogens is 497 g/mol. The van der Waals surface area contributed by atoms with Crippen molar-refractivity contribution < 1.29 is 23.5 Å². The van der Waals surface area contributed by atoms with E-state index in [0.29, 0.717) is 22.1 Å². The van der Waals surface area contributed by atoms with Crippen LogP contribution in [0.1, 0.15) is 37.3 Å². The van der Waals surface area contributed by atoms with E-state index in [-0.39, 0.29) is 35.1 Å². The molecule has 1 aromatic heterocycles. The highest BCUT2D eigenvalue weighted by Crippen LogP contribution is 2.35. The van der Waals surface area contributed by atoms with Gasteiger partial charge in [-0.3, -0.25) is 19.3 Å². The molecule has 0 fully saturated rings. The third-order valence-corrected chi connectivity index (χ3v) is 6.36. The van der Waals surface area contributed by atoms with Gasteiger partial charge in [0.05, 0.1) is 12.3 Å². The number of aryl methyl sites for hydroxylation is 1. The number of carbonyl (C=O) groups excluding carboxylic acids is 3. The Morgan fingerprint density at radius 2 is 1.91 bits per heavy atom. The second-order valence-corrected chi connectivity index (χ2v) is 8.67. The van der Waals surface area contributed by atoms with Crippen molar-refractivity contribution in [3.05, 3.63) is 75.0 Å². The summed E-state index contributed by atoms with van der Waals surface area (Å²) in [5, 5.41) is 3.07. The first-order valence-corrected chi connectivity index (χ1v) is 11.5. The van der Waals surface area contributed by atoms with Crippen molar-refractivity contribution in [3.8, 4) is 0 Å². The predicted octanol–water partition coefficient (Wildman–Crippen LogP) is 3.08. The standard InChI is InChI=1S/C23H23ClFN5O4S/c1-12-3-8-15(11-16(12)24)30(23(33)20-17(26)18(21(27)31)29-35-20)19(22(32)28-9-10-34-2)13-4-6-14(25)7-5-13/h3-8,11,19H,9-10,26H2,1-2H3,(H2,27,31)(H,28,32). The van der Waals surface area contributed by atoms with Crippen molar-refractivity contribution in [3.63, 3.8) is 0 Å². The highest BCUT2D eigenvalue weighted by Gasteiger charge is 2.36. The predicted molar refractivity (Wildman–Crippen MR) is 132 cm³/mol. The van der Waals surface area contributed by atoms with Gasteiger partial charge < -0.3 is 21.5 Å². The fraction of sp³-hybridized carbons (Fsp3) is 0.217.